The van der Waals surface area contributed by atoms with E-state index in [4.69, 9.17) is 5.73 Å². The largest absolute Gasteiger partial charge is 0.416 e. The van der Waals surface area contributed by atoms with Gasteiger partial charge in [0, 0.05) is 6.54 Å². The number of hydrogen-bond donors (Lipinski definition) is 1. The van der Waals surface area contributed by atoms with Crippen LogP contribution in [-0.4, -0.2) is 0 Å². The van der Waals surface area contributed by atoms with Crippen LogP contribution in [0, 0.1) is 5.92 Å². The quantitative estimate of drug-likeness (QED) is 0.515. The molecule has 29 heavy (non-hydrogen) atoms. The third-order valence-electron chi connectivity index (χ3n) is 5.29. The summed E-state index contributed by atoms with van der Waals surface area (Å²) in [5, 5.41) is 0. The molecule has 0 aromatic heterocycles. The molecule has 0 aliphatic heterocycles. The van der Waals surface area contributed by atoms with Crippen LogP contribution in [0.3, 0.4) is 0 Å². The molecule has 0 saturated heterocycles. The fourth-order valence-corrected chi connectivity index (χ4v) is 3.56. The lowest BCUT2D eigenvalue weighted by Gasteiger charge is -2.29. The fraction of sp³-hybridized carbons (Fsp3) is 0.455. The van der Waals surface area contributed by atoms with Gasteiger partial charge in [0.15, 0.2) is 0 Å². The van der Waals surface area contributed by atoms with Crippen LogP contribution in [0.1, 0.15) is 60.8 Å². The molecule has 1 unspecified atom stereocenters. The summed E-state index contributed by atoms with van der Waals surface area (Å²) < 4.78 is 73.3. The normalized spacial score (nSPS) is 20.0. The van der Waals surface area contributed by atoms with Gasteiger partial charge in [0.1, 0.15) is 0 Å². The molecule has 2 atom stereocenters. The van der Waals surface area contributed by atoms with Gasteiger partial charge in [-0.1, -0.05) is 50.5 Å². The Morgan fingerprint density at radius 2 is 1.21 bits per heavy atom. The highest BCUT2D eigenvalue weighted by Gasteiger charge is 2.31. The van der Waals surface area contributed by atoms with Crippen LogP contribution in [-0.2, 0) is 18.9 Å². The van der Waals surface area contributed by atoms with Crippen LogP contribution in [0.5, 0.6) is 0 Å². The average Bonchev–Trinajstić information content (AvgIpc) is 2.68. The summed E-state index contributed by atoms with van der Waals surface area (Å²) in [6.45, 7) is 2.46. The van der Waals surface area contributed by atoms with E-state index in [1.165, 1.54) is 43.5 Å². The lowest BCUT2D eigenvalue weighted by Crippen LogP contribution is -2.15. The third-order valence-corrected chi connectivity index (χ3v) is 5.29. The van der Waals surface area contributed by atoms with E-state index in [-0.39, 0.29) is 6.54 Å². The Kier molecular flexibility index (Phi) is 7.74. The summed E-state index contributed by atoms with van der Waals surface area (Å²) in [4.78, 5) is 0. The number of rotatable bonds is 2. The molecule has 160 valence electrons. The summed E-state index contributed by atoms with van der Waals surface area (Å²) in [5.74, 6) is 1.02. The number of hydrogen-bond acceptors (Lipinski definition) is 1. The molecule has 1 nitrogen and oxygen atoms in total. The Morgan fingerprint density at radius 1 is 0.759 bits per heavy atom. The standard InChI is InChI=1S/C14H17F3.C8H8F3N/c1-10-4-2-3-5-13(10)11-6-8-12(9-7-11)14(15,16)17;9-8(10,11)7-3-1-6(5-12)2-4-7/h6-10,13H,2-5H2,1H3;1-4H,5,12H2/t10-,13?;/m0./s1. The van der Waals surface area contributed by atoms with Gasteiger partial charge in [0.25, 0.3) is 0 Å². The number of halogens is 6. The smallest absolute Gasteiger partial charge is 0.326 e. The first-order valence-corrected chi connectivity index (χ1v) is 9.55. The SMILES string of the molecule is C[C@H]1CCCCC1c1ccc(C(F)(F)F)cc1.NCc1ccc(C(F)(F)F)cc1. The second-order valence-electron chi connectivity index (χ2n) is 7.39. The highest BCUT2D eigenvalue weighted by atomic mass is 19.4. The maximum absolute atomic E-state index is 12.4. The van der Waals surface area contributed by atoms with Crippen molar-refractivity contribution in [1.29, 1.82) is 0 Å². The van der Waals surface area contributed by atoms with Crippen LogP contribution in [0.15, 0.2) is 48.5 Å². The highest BCUT2D eigenvalue weighted by molar-refractivity contribution is 5.28. The molecule has 0 heterocycles. The minimum absolute atomic E-state index is 0.262. The molecule has 7 heteroatoms. The van der Waals surface area contributed by atoms with Crippen molar-refractivity contribution in [2.45, 2.75) is 57.4 Å². The number of nitrogens with two attached hydrogens (primary N) is 1. The number of benzene rings is 2. The summed E-state index contributed by atoms with van der Waals surface area (Å²) in [6.07, 6.45) is -3.75. The van der Waals surface area contributed by atoms with Gasteiger partial charge in [-0.05, 0) is 53.6 Å². The van der Waals surface area contributed by atoms with Gasteiger partial charge in [-0.3, -0.25) is 0 Å². The molecule has 0 bridgehead atoms. The zero-order valence-corrected chi connectivity index (χ0v) is 16.2. The molecule has 2 N–H and O–H groups in total. The van der Waals surface area contributed by atoms with Crippen LogP contribution >= 0.6 is 0 Å². The van der Waals surface area contributed by atoms with Gasteiger partial charge >= 0.3 is 12.4 Å². The Morgan fingerprint density at radius 3 is 1.62 bits per heavy atom. The molecule has 1 aliphatic rings. The van der Waals surface area contributed by atoms with Gasteiger partial charge in [-0.2, -0.15) is 26.3 Å². The first-order chi connectivity index (χ1) is 13.5. The van der Waals surface area contributed by atoms with Crippen molar-refractivity contribution < 1.29 is 26.3 Å². The molecule has 0 spiro atoms. The van der Waals surface area contributed by atoms with Crippen molar-refractivity contribution in [3.63, 3.8) is 0 Å². The Labute approximate surface area is 166 Å². The molecule has 0 amide bonds. The molecule has 2 aromatic carbocycles. The first kappa shape index (κ1) is 23.3. The predicted octanol–water partition coefficient (Wildman–Crippen LogP) is 7.16. The molecule has 0 radical (unpaired) electrons. The van der Waals surface area contributed by atoms with E-state index >= 15 is 0 Å². The minimum Gasteiger partial charge on any atom is -0.326 e. The summed E-state index contributed by atoms with van der Waals surface area (Å²) in [7, 11) is 0. The lowest BCUT2D eigenvalue weighted by atomic mass is 9.76. The zero-order valence-electron chi connectivity index (χ0n) is 16.2. The van der Waals surface area contributed by atoms with Gasteiger partial charge in [-0.25, -0.2) is 0 Å². The van der Waals surface area contributed by atoms with Crippen molar-refractivity contribution in [1.82, 2.24) is 0 Å². The molecule has 1 aliphatic carbocycles. The Hall–Kier alpha value is -2.02. The van der Waals surface area contributed by atoms with Crippen molar-refractivity contribution in [3.8, 4) is 0 Å². The van der Waals surface area contributed by atoms with Gasteiger partial charge in [-0.15, -0.1) is 0 Å². The Bertz CT molecular complexity index is 747. The van der Waals surface area contributed by atoms with Crippen LogP contribution in [0.25, 0.3) is 0 Å². The van der Waals surface area contributed by atoms with E-state index in [0.29, 0.717) is 17.4 Å². The molecule has 3 rings (SSSR count). The van der Waals surface area contributed by atoms with Crippen molar-refractivity contribution in [2.75, 3.05) is 0 Å². The first-order valence-electron chi connectivity index (χ1n) is 9.55. The van der Waals surface area contributed by atoms with E-state index < -0.39 is 23.5 Å². The molecule has 2 aromatic rings. The van der Waals surface area contributed by atoms with E-state index in [9.17, 15) is 26.3 Å². The fourth-order valence-electron chi connectivity index (χ4n) is 3.56. The van der Waals surface area contributed by atoms with E-state index in [2.05, 4.69) is 6.92 Å². The summed E-state index contributed by atoms with van der Waals surface area (Å²) in [5.41, 5.74) is 5.79. The summed E-state index contributed by atoms with van der Waals surface area (Å²) in [6, 6.07) is 10.5. The predicted molar refractivity (Wildman–Crippen MR) is 101 cm³/mol. The Balaban J connectivity index is 0.000000221. The van der Waals surface area contributed by atoms with Gasteiger partial charge in [0.2, 0.25) is 0 Å². The van der Waals surface area contributed by atoms with Crippen LogP contribution < -0.4 is 5.73 Å². The summed E-state index contributed by atoms with van der Waals surface area (Å²) >= 11 is 0. The number of alkyl halides is 6. The van der Waals surface area contributed by atoms with Gasteiger partial charge < -0.3 is 5.73 Å². The van der Waals surface area contributed by atoms with Crippen LogP contribution in [0.4, 0.5) is 26.3 Å². The van der Waals surface area contributed by atoms with E-state index in [0.717, 1.165) is 24.1 Å². The molecule has 1 saturated carbocycles. The topological polar surface area (TPSA) is 26.0 Å². The van der Waals surface area contributed by atoms with Crippen molar-refractivity contribution in [3.05, 3.63) is 70.8 Å². The van der Waals surface area contributed by atoms with Crippen molar-refractivity contribution in [2.24, 2.45) is 11.7 Å². The van der Waals surface area contributed by atoms with Gasteiger partial charge in [0.05, 0.1) is 11.1 Å². The third kappa shape index (κ3) is 6.77. The zero-order chi connectivity index (χ0) is 21.7. The second-order valence-corrected chi connectivity index (χ2v) is 7.39. The monoisotopic (exact) mass is 417 g/mol. The molecular weight excluding hydrogens is 392 g/mol. The lowest BCUT2D eigenvalue weighted by molar-refractivity contribution is -0.138. The van der Waals surface area contributed by atoms with E-state index in [1.54, 1.807) is 12.1 Å². The van der Waals surface area contributed by atoms with E-state index in [1.807, 2.05) is 0 Å². The maximum atomic E-state index is 12.4. The highest BCUT2D eigenvalue weighted by Crippen LogP contribution is 2.38. The average molecular weight is 417 g/mol. The van der Waals surface area contributed by atoms with Crippen LogP contribution in [0.2, 0.25) is 0 Å². The van der Waals surface area contributed by atoms with Crippen molar-refractivity contribution >= 4 is 0 Å². The molecule has 1 fully saturated rings. The molecular formula is C22H25F6N. The maximum Gasteiger partial charge on any atom is 0.416 e. The second kappa shape index (κ2) is 9.65. The minimum atomic E-state index is -4.26.